The van der Waals surface area contributed by atoms with Crippen molar-refractivity contribution >= 4 is 11.5 Å². The maximum absolute atomic E-state index is 10.8. The van der Waals surface area contributed by atoms with Crippen molar-refractivity contribution in [1.82, 2.24) is 9.88 Å². The number of aromatic nitrogens is 1. The lowest BCUT2D eigenvalue weighted by atomic mass is 10.1. The zero-order valence-electron chi connectivity index (χ0n) is 10.2. The fourth-order valence-corrected chi connectivity index (χ4v) is 1.32. The number of nitriles is 1. The maximum Gasteiger partial charge on any atom is 0.346 e. The third-order valence-corrected chi connectivity index (χ3v) is 2.06. The molecule has 0 aliphatic heterocycles. The summed E-state index contributed by atoms with van der Waals surface area (Å²) in [4.78, 5) is 16.5. The molecule has 0 radical (unpaired) electrons. The van der Waals surface area contributed by atoms with Crippen LogP contribution in [0.3, 0.4) is 0 Å². The van der Waals surface area contributed by atoms with E-state index >= 15 is 0 Å². The highest BCUT2D eigenvalue weighted by atomic mass is 16.4. The first-order valence-electron chi connectivity index (χ1n) is 5.18. The molecule has 0 unspecified atom stereocenters. The van der Waals surface area contributed by atoms with Crippen LogP contribution in [-0.4, -0.2) is 35.1 Å². The Labute approximate surface area is 105 Å². The topological polar surface area (TPSA) is 77.2 Å². The van der Waals surface area contributed by atoms with E-state index in [0.717, 1.165) is 5.56 Å². The van der Waals surface area contributed by atoms with Gasteiger partial charge in [-0.15, -0.1) is 0 Å². The van der Waals surface area contributed by atoms with Gasteiger partial charge in [-0.25, -0.2) is 4.79 Å². The minimum Gasteiger partial charge on any atom is -0.477 e. The molecule has 1 heterocycles. The predicted octanol–water partition coefficient (Wildman–Crippen LogP) is 1.52. The minimum atomic E-state index is -1.24. The SMILES string of the molecule is CN(C)C=C(C=C(C#N)C(=O)O)c1ccncc1. The van der Waals surface area contributed by atoms with Gasteiger partial charge >= 0.3 is 5.97 Å². The Morgan fingerprint density at radius 2 is 2.06 bits per heavy atom. The molecule has 18 heavy (non-hydrogen) atoms. The monoisotopic (exact) mass is 243 g/mol. The third-order valence-electron chi connectivity index (χ3n) is 2.06. The number of hydrogen-bond donors (Lipinski definition) is 1. The number of carboxylic acids is 1. The molecule has 1 aromatic rings. The highest BCUT2D eigenvalue weighted by Gasteiger charge is 2.08. The zero-order valence-corrected chi connectivity index (χ0v) is 10.2. The molecule has 0 amide bonds. The van der Waals surface area contributed by atoms with Gasteiger partial charge in [-0.2, -0.15) is 5.26 Å². The highest BCUT2D eigenvalue weighted by molar-refractivity contribution is 5.95. The van der Waals surface area contributed by atoms with Crippen LogP contribution >= 0.6 is 0 Å². The lowest BCUT2D eigenvalue weighted by Crippen LogP contribution is -2.04. The van der Waals surface area contributed by atoms with Crippen LogP contribution in [-0.2, 0) is 4.79 Å². The van der Waals surface area contributed by atoms with E-state index in [9.17, 15) is 4.79 Å². The number of rotatable bonds is 4. The fourth-order valence-electron chi connectivity index (χ4n) is 1.32. The minimum absolute atomic E-state index is 0.306. The average Bonchev–Trinajstić information content (AvgIpc) is 2.34. The van der Waals surface area contributed by atoms with Crippen LogP contribution in [0, 0.1) is 11.3 Å². The molecule has 0 saturated heterocycles. The van der Waals surface area contributed by atoms with Gasteiger partial charge in [0.25, 0.3) is 0 Å². The zero-order chi connectivity index (χ0) is 13.5. The Hall–Kier alpha value is -2.61. The summed E-state index contributed by atoms with van der Waals surface area (Å²) in [6.45, 7) is 0. The van der Waals surface area contributed by atoms with Gasteiger partial charge in [0.1, 0.15) is 11.6 Å². The number of carbonyl (C=O) groups is 1. The summed E-state index contributed by atoms with van der Waals surface area (Å²) in [6, 6.07) is 5.17. The van der Waals surface area contributed by atoms with Crippen molar-refractivity contribution in [2.75, 3.05) is 14.1 Å². The quantitative estimate of drug-likeness (QED) is 0.493. The largest absolute Gasteiger partial charge is 0.477 e. The second kappa shape index (κ2) is 6.21. The molecule has 1 aromatic heterocycles. The normalized spacial score (nSPS) is 11.8. The average molecular weight is 243 g/mol. The first-order chi connectivity index (χ1) is 8.54. The van der Waals surface area contributed by atoms with Gasteiger partial charge in [0.15, 0.2) is 0 Å². The van der Waals surface area contributed by atoms with Gasteiger partial charge < -0.3 is 10.0 Å². The Kier molecular flexibility index (Phi) is 4.64. The number of pyridine rings is 1. The Bertz CT molecular complexity index is 525. The van der Waals surface area contributed by atoms with Gasteiger partial charge in [-0.05, 0) is 29.3 Å². The highest BCUT2D eigenvalue weighted by Crippen LogP contribution is 2.17. The van der Waals surface area contributed by atoms with E-state index < -0.39 is 5.97 Å². The molecule has 0 spiro atoms. The first kappa shape index (κ1) is 13.5. The molecule has 1 N–H and O–H groups in total. The summed E-state index contributed by atoms with van der Waals surface area (Å²) in [5.41, 5.74) is 1.13. The number of carboxylic acid groups (broad SMARTS) is 1. The summed E-state index contributed by atoms with van der Waals surface area (Å²) in [7, 11) is 3.64. The van der Waals surface area contributed by atoms with Gasteiger partial charge in [0.05, 0.1) is 0 Å². The second-order valence-electron chi connectivity index (χ2n) is 3.76. The molecule has 0 aliphatic carbocycles. The number of hydrogen-bond acceptors (Lipinski definition) is 4. The number of nitrogens with zero attached hydrogens (tertiary/aromatic N) is 3. The lowest BCUT2D eigenvalue weighted by Gasteiger charge is -2.09. The number of aliphatic carboxylic acids is 1. The third kappa shape index (κ3) is 3.76. The Balaban J connectivity index is 3.25. The van der Waals surface area contributed by atoms with Crippen molar-refractivity contribution < 1.29 is 9.90 Å². The van der Waals surface area contributed by atoms with Crippen molar-refractivity contribution in [2.45, 2.75) is 0 Å². The van der Waals surface area contributed by atoms with Crippen LogP contribution in [0.4, 0.5) is 0 Å². The van der Waals surface area contributed by atoms with Crippen LogP contribution in [0.5, 0.6) is 0 Å². The van der Waals surface area contributed by atoms with Crippen LogP contribution < -0.4 is 0 Å². The molecule has 0 atom stereocenters. The van der Waals surface area contributed by atoms with Crippen molar-refractivity contribution in [1.29, 1.82) is 5.26 Å². The molecule has 1 rings (SSSR count). The summed E-state index contributed by atoms with van der Waals surface area (Å²) < 4.78 is 0. The van der Waals surface area contributed by atoms with E-state index in [0.29, 0.717) is 5.57 Å². The van der Waals surface area contributed by atoms with E-state index in [2.05, 4.69) is 4.98 Å². The van der Waals surface area contributed by atoms with E-state index in [4.69, 9.17) is 10.4 Å². The standard InChI is InChI=1S/C13H13N3O2/c1-16(2)9-12(7-11(8-14)13(17)18)10-3-5-15-6-4-10/h3-7,9H,1-2H3,(H,17,18). The fraction of sp³-hybridized carbons (Fsp3) is 0.154. The van der Waals surface area contributed by atoms with Gasteiger partial charge in [0.2, 0.25) is 0 Å². The smallest absolute Gasteiger partial charge is 0.346 e. The predicted molar refractivity (Wildman–Crippen MR) is 67.2 cm³/mol. The van der Waals surface area contributed by atoms with Gasteiger partial charge in [-0.1, -0.05) is 0 Å². The maximum atomic E-state index is 10.8. The van der Waals surface area contributed by atoms with Crippen LogP contribution in [0.15, 0.2) is 42.4 Å². The van der Waals surface area contributed by atoms with Crippen molar-refractivity contribution in [3.8, 4) is 6.07 Å². The van der Waals surface area contributed by atoms with E-state index in [1.54, 1.807) is 41.7 Å². The molecular weight excluding hydrogens is 230 g/mol. The molecular formula is C13H13N3O2. The van der Waals surface area contributed by atoms with Crippen LogP contribution in [0.1, 0.15) is 5.56 Å². The Morgan fingerprint density at radius 3 is 2.50 bits per heavy atom. The van der Waals surface area contributed by atoms with Crippen molar-refractivity contribution in [2.24, 2.45) is 0 Å². The molecule has 0 fully saturated rings. The summed E-state index contributed by atoms with van der Waals surface area (Å²) >= 11 is 0. The van der Waals surface area contributed by atoms with Gasteiger partial charge in [-0.3, -0.25) is 4.98 Å². The van der Waals surface area contributed by atoms with E-state index in [-0.39, 0.29) is 5.57 Å². The van der Waals surface area contributed by atoms with Crippen molar-refractivity contribution in [3.63, 3.8) is 0 Å². The molecule has 0 aromatic carbocycles. The van der Waals surface area contributed by atoms with Crippen LogP contribution in [0.2, 0.25) is 0 Å². The number of allylic oxidation sites excluding steroid dienone is 2. The molecule has 5 heteroatoms. The Morgan fingerprint density at radius 1 is 1.44 bits per heavy atom. The molecule has 0 saturated carbocycles. The summed E-state index contributed by atoms with van der Waals surface area (Å²) in [6.07, 6.45) is 6.31. The van der Waals surface area contributed by atoms with Gasteiger partial charge in [0, 0.05) is 32.7 Å². The summed E-state index contributed by atoms with van der Waals surface area (Å²) in [5.74, 6) is -1.24. The molecule has 92 valence electrons. The summed E-state index contributed by atoms with van der Waals surface area (Å²) in [5, 5.41) is 17.6. The first-order valence-corrected chi connectivity index (χ1v) is 5.18. The molecule has 0 aliphatic rings. The molecule has 5 nitrogen and oxygen atoms in total. The molecule has 0 bridgehead atoms. The van der Waals surface area contributed by atoms with Crippen molar-refractivity contribution in [3.05, 3.63) is 47.9 Å². The lowest BCUT2D eigenvalue weighted by molar-refractivity contribution is -0.132. The van der Waals surface area contributed by atoms with Crippen LogP contribution in [0.25, 0.3) is 5.57 Å². The van der Waals surface area contributed by atoms with E-state index in [1.165, 1.54) is 6.08 Å². The van der Waals surface area contributed by atoms with E-state index in [1.807, 2.05) is 14.1 Å². The second-order valence-corrected chi connectivity index (χ2v) is 3.76.